The van der Waals surface area contributed by atoms with Gasteiger partial charge >= 0.3 is 0 Å². The van der Waals surface area contributed by atoms with Gasteiger partial charge in [0.1, 0.15) is 11.9 Å². The van der Waals surface area contributed by atoms with E-state index in [-0.39, 0.29) is 22.2 Å². The number of aliphatic hydroxyl groups excluding tert-OH is 1. The molecule has 1 aliphatic rings. The van der Waals surface area contributed by atoms with Crippen LogP contribution in [0.15, 0.2) is 72.8 Å². The second kappa shape index (κ2) is 8.18. The average molecular weight is 445 g/mol. The lowest BCUT2D eigenvalue weighted by Crippen LogP contribution is -2.38. The maximum atomic E-state index is 14.1. The fraction of sp³-hybridized carbons (Fsp3) is 0.0385. The number of fused-ring (bicyclic) bond motifs is 2. The molecule has 7 heteroatoms. The molecule has 0 fully saturated rings. The van der Waals surface area contributed by atoms with Gasteiger partial charge in [-0.3, -0.25) is 9.69 Å². The van der Waals surface area contributed by atoms with Crippen molar-refractivity contribution in [3.63, 3.8) is 0 Å². The van der Waals surface area contributed by atoms with E-state index >= 15 is 0 Å². The van der Waals surface area contributed by atoms with Gasteiger partial charge in [-0.1, -0.05) is 30.4 Å². The van der Waals surface area contributed by atoms with Crippen LogP contribution in [0.3, 0.4) is 0 Å². The summed E-state index contributed by atoms with van der Waals surface area (Å²) in [6.45, 7) is -0.399. The van der Waals surface area contributed by atoms with E-state index < -0.39 is 30.0 Å². The number of pyridine rings is 1. The van der Waals surface area contributed by atoms with Crippen LogP contribution in [0.2, 0.25) is 0 Å². The van der Waals surface area contributed by atoms with Gasteiger partial charge < -0.3 is 5.11 Å². The SMILES string of the molecule is O=C(c1cc(-c2ccc(F)c(F)c2)nc2ccc(F)cc12)N1[C](CO)C=Cc2ccccc21. The zero-order valence-corrected chi connectivity index (χ0v) is 17.1. The molecular weight excluding hydrogens is 429 g/mol. The highest BCUT2D eigenvalue weighted by atomic mass is 19.2. The molecule has 0 unspecified atom stereocenters. The predicted octanol–water partition coefficient (Wildman–Crippen LogP) is 5.52. The van der Waals surface area contributed by atoms with Crippen molar-refractivity contribution >= 4 is 28.6 Å². The third-order valence-corrected chi connectivity index (χ3v) is 5.50. The van der Waals surface area contributed by atoms with Crippen molar-refractivity contribution in [2.45, 2.75) is 0 Å². The van der Waals surface area contributed by atoms with E-state index in [9.17, 15) is 23.1 Å². The molecule has 0 spiro atoms. The van der Waals surface area contributed by atoms with Crippen LogP contribution in [0.4, 0.5) is 18.9 Å². The maximum absolute atomic E-state index is 14.1. The first-order chi connectivity index (χ1) is 16.0. The van der Waals surface area contributed by atoms with E-state index in [1.54, 1.807) is 24.3 Å². The lowest BCUT2D eigenvalue weighted by atomic mass is 9.99. The smallest absolute Gasteiger partial charge is 0.260 e. The van der Waals surface area contributed by atoms with E-state index in [4.69, 9.17) is 0 Å². The lowest BCUT2D eigenvalue weighted by Gasteiger charge is -2.32. The number of carbonyl (C=O) groups excluding carboxylic acids is 1. The molecule has 3 aromatic carbocycles. The number of amides is 1. The molecule has 0 bridgehead atoms. The highest BCUT2D eigenvalue weighted by Gasteiger charge is 2.31. The standard InChI is InChI=1S/C26H16F3N2O2/c27-17-7-10-23-19(12-17)20(13-24(30-23)16-6-9-21(28)22(29)11-16)26(33)31-18(14-32)8-5-15-3-1-2-4-25(15)31/h1-13,32H,14H2. The molecule has 1 aromatic heterocycles. The Balaban J connectivity index is 1.72. The zero-order chi connectivity index (χ0) is 23.1. The van der Waals surface area contributed by atoms with Crippen molar-refractivity contribution < 1.29 is 23.1 Å². The Labute approximate surface area is 187 Å². The molecule has 163 valence electrons. The number of halogens is 3. The molecule has 1 radical (unpaired) electrons. The molecular formula is C26H16F3N2O2. The third kappa shape index (κ3) is 3.66. The van der Waals surface area contributed by atoms with Gasteiger partial charge in [0.15, 0.2) is 11.6 Å². The van der Waals surface area contributed by atoms with Gasteiger partial charge in [-0.25, -0.2) is 18.2 Å². The summed E-state index contributed by atoms with van der Waals surface area (Å²) in [4.78, 5) is 19.6. The molecule has 4 aromatic rings. The number of carbonyl (C=O) groups is 1. The molecule has 1 aliphatic heterocycles. The Morgan fingerprint density at radius 3 is 2.52 bits per heavy atom. The Bertz CT molecular complexity index is 1430. The molecule has 2 heterocycles. The third-order valence-electron chi connectivity index (χ3n) is 5.50. The second-order valence-corrected chi connectivity index (χ2v) is 7.53. The number of rotatable bonds is 3. The van der Waals surface area contributed by atoms with E-state index in [2.05, 4.69) is 4.98 Å². The summed E-state index contributed by atoms with van der Waals surface area (Å²) >= 11 is 0. The number of anilines is 1. The fourth-order valence-corrected chi connectivity index (χ4v) is 3.91. The van der Waals surface area contributed by atoms with Gasteiger partial charge in [-0.15, -0.1) is 0 Å². The Hall–Kier alpha value is -3.97. The van der Waals surface area contributed by atoms with E-state index in [0.29, 0.717) is 17.2 Å². The fourth-order valence-electron chi connectivity index (χ4n) is 3.91. The monoisotopic (exact) mass is 445 g/mol. The minimum absolute atomic E-state index is 0.107. The van der Waals surface area contributed by atoms with E-state index in [1.165, 1.54) is 35.2 Å². The first-order valence-corrected chi connectivity index (χ1v) is 10.1. The summed E-state index contributed by atoms with van der Waals surface area (Å²) in [6.07, 6.45) is 3.43. The van der Waals surface area contributed by atoms with Crippen LogP contribution < -0.4 is 4.90 Å². The van der Waals surface area contributed by atoms with Crippen LogP contribution in [0, 0.1) is 23.5 Å². The van der Waals surface area contributed by atoms with E-state index in [0.717, 1.165) is 17.7 Å². The highest BCUT2D eigenvalue weighted by Crippen LogP contribution is 2.35. The number of benzene rings is 3. The lowest BCUT2D eigenvalue weighted by molar-refractivity contribution is 0.0986. The Morgan fingerprint density at radius 1 is 0.909 bits per heavy atom. The number of para-hydroxylation sites is 1. The first kappa shape index (κ1) is 20.9. The van der Waals surface area contributed by atoms with Crippen molar-refractivity contribution in [2.75, 3.05) is 11.5 Å². The van der Waals surface area contributed by atoms with Gasteiger partial charge in [0, 0.05) is 10.9 Å². The summed E-state index contributed by atoms with van der Waals surface area (Å²) in [7, 11) is 0. The molecule has 0 atom stereocenters. The van der Waals surface area contributed by atoms with Gasteiger partial charge in [-0.05, 0) is 54.1 Å². The molecule has 33 heavy (non-hydrogen) atoms. The summed E-state index contributed by atoms with van der Waals surface area (Å²) in [6, 6.07) is 16.1. The number of nitrogens with zero attached hydrogens (tertiary/aromatic N) is 2. The quantitative estimate of drug-likeness (QED) is 0.452. The number of hydrogen-bond donors (Lipinski definition) is 1. The molecule has 0 saturated carbocycles. The summed E-state index contributed by atoms with van der Waals surface area (Å²) in [5.41, 5.74) is 2.24. The zero-order valence-electron chi connectivity index (χ0n) is 17.1. The van der Waals surface area contributed by atoms with Crippen molar-refractivity contribution in [3.05, 3.63) is 107 Å². The largest absolute Gasteiger partial charge is 0.393 e. The summed E-state index contributed by atoms with van der Waals surface area (Å²) in [5, 5.41) is 10.2. The van der Waals surface area contributed by atoms with Crippen LogP contribution >= 0.6 is 0 Å². The van der Waals surface area contributed by atoms with Gasteiger partial charge in [0.25, 0.3) is 5.91 Å². The Kier molecular flexibility index (Phi) is 5.18. The predicted molar refractivity (Wildman–Crippen MR) is 120 cm³/mol. The summed E-state index contributed by atoms with van der Waals surface area (Å²) in [5.74, 6) is -3.12. The molecule has 1 N–H and O–H groups in total. The van der Waals surface area contributed by atoms with Crippen molar-refractivity contribution in [1.82, 2.24) is 4.98 Å². The van der Waals surface area contributed by atoms with Crippen LogP contribution in [0.25, 0.3) is 28.2 Å². The van der Waals surface area contributed by atoms with Crippen molar-refractivity contribution in [3.8, 4) is 11.3 Å². The topological polar surface area (TPSA) is 53.4 Å². The van der Waals surface area contributed by atoms with Crippen LogP contribution in [-0.2, 0) is 0 Å². The molecule has 1 amide bonds. The van der Waals surface area contributed by atoms with Gasteiger partial charge in [-0.2, -0.15) is 0 Å². The number of aliphatic hydroxyl groups is 1. The van der Waals surface area contributed by atoms with Crippen molar-refractivity contribution in [1.29, 1.82) is 0 Å². The molecule has 0 aliphatic carbocycles. The maximum Gasteiger partial charge on any atom is 0.260 e. The van der Waals surface area contributed by atoms with E-state index in [1.807, 2.05) is 12.1 Å². The minimum Gasteiger partial charge on any atom is -0.393 e. The molecule has 0 saturated heterocycles. The number of aromatic nitrogens is 1. The van der Waals surface area contributed by atoms with Crippen molar-refractivity contribution in [2.24, 2.45) is 0 Å². The normalized spacial score (nSPS) is 13.4. The van der Waals surface area contributed by atoms with Crippen LogP contribution in [0.1, 0.15) is 15.9 Å². The molecule has 4 nitrogen and oxygen atoms in total. The average Bonchev–Trinajstić information content (AvgIpc) is 2.84. The van der Waals surface area contributed by atoms with Gasteiger partial charge in [0.05, 0.1) is 29.1 Å². The second-order valence-electron chi connectivity index (χ2n) is 7.53. The highest BCUT2D eigenvalue weighted by molar-refractivity contribution is 6.16. The minimum atomic E-state index is -1.05. The van der Waals surface area contributed by atoms with Crippen LogP contribution in [0.5, 0.6) is 0 Å². The number of hydrogen-bond acceptors (Lipinski definition) is 3. The summed E-state index contributed by atoms with van der Waals surface area (Å²) < 4.78 is 41.5. The van der Waals surface area contributed by atoms with Gasteiger partial charge in [0.2, 0.25) is 0 Å². The molecule has 5 rings (SSSR count). The first-order valence-electron chi connectivity index (χ1n) is 10.1. The van der Waals surface area contributed by atoms with Crippen LogP contribution in [-0.4, -0.2) is 22.6 Å². The Morgan fingerprint density at radius 2 is 1.73 bits per heavy atom.